The Hall–Kier alpha value is -1.81. The van der Waals surface area contributed by atoms with Gasteiger partial charge < -0.3 is 10.6 Å². The van der Waals surface area contributed by atoms with E-state index in [9.17, 15) is 4.79 Å². The van der Waals surface area contributed by atoms with Crippen LogP contribution in [0.1, 0.15) is 46.4 Å². The van der Waals surface area contributed by atoms with Crippen molar-refractivity contribution in [2.75, 3.05) is 5.32 Å². The van der Waals surface area contributed by atoms with E-state index in [0.717, 1.165) is 23.4 Å². The summed E-state index contributed by atoms with van der Waals surface area (Å²) in [6.45, 7) is 8.12. The van der Waals surface area contributed by atoms with Crippen molar-refractivity contribution in [2.24, 2.45) is 0 Å². The summed E-state index contributed by atoms with van der Waals surface area (Å²) < 4.78 is 0. The summed E-state index contributed by atoms with van der Waals surface area (Å²) in [4.78, 5) is 14.4. The van der Waals surface area contributed by atoms with E-state index in [-0.39, 0.29) is 11.3 Å². The Morgan fingerprint density at radius 2 is 2.05 bits per heavy atom. The summed E-state index contributed by atoms with van der Waals surface area (Å²) in [6, 6.07) is 10.2. The maximum atomic E-state index is 11.7. The third-order valence-corrected chi connectivity index (χ3v) is 5.21. The molecule has 0 aliphatic carbocycles. The van der Waals surface area contributed by atoms with Gasteiger partial charge in [-0.15, -0.1) is 11.3 Å². The number of rotatable bonds is 3. The Bertz CT molecular complexity index is 682. The molecular weight excluding hydrogens is 280 g/mol. The predicted octanol–water partition coefficient (Wildman–Crippen LogP) is 3.90. The third kappa shape index (κ3) is 2.81. The minimum Gasteiger partial charge on any atom is -0.380 e. The lowest BCUT2D eigenvalue weighted by molar-refractivity contribution is 0.0966. The Balaban J connectivity index is 1.74. The van der Waals surface area contributed by atoms with Gasteiger partial charge in [0, 0.05) is 39.7 Å². The Kier molecular flexibility index (Phi) is 3.49. The standard InChI is InChI=1S/C17H20N2OS/c1-17(2,3)15-8-7-11(21-15)9-18-14-6-4-5-12-13(14)10-19-16(12)20/h4-8,18H,9-10H2,1-3H3,(H,19,20). The largest absolute Gasteiger partial charge is 0.380 e. The highest BCUT2D eigenvalue weighted by atomic mass is 32.1. The summed E-state index contributed by atoms with van der Waals surface area (Å²) in [7, 11) is 0. The van der Waals surface area contributed by atoms with Crippen molar-refractivity contribution in [3.8, 4) is 0 Å². The van der Waals surface area contributed by atoms with E-state index in [1.165, 1.54) is 9.75 Å². The Morgan fingerprint density at radius 3 is 2.76 bits per heavy atom. The van der Waals surface area contributed by atoms with Crippen molar-refractivity contribution in [1.82, 2.24) is 5.32 Å². The third-order valence-electron chi connectivity index (χ3n) is 3.70. The van der Waals surface area contributed by atoms with Crippen LogP contribution in [0.3, 0.4) is 0 Å². The molecule has 1 aromatic carbocycles. The number of fused-ring (bicyclic) bond motifs is 1. The molecule has 0 fully saturated rings. The van der Waals surface area contributed by atoms with Gasteiger partial charge in [0.05, 0.1) is 0 Å². The quantitative estimate of drug-likeness (QED) is 0.902. The van der Waals surface area contributed by atoms with Crippen LogP contribution in [0.25, 0.3) is 0 Å². The lowest BCUT2D eigenvalue weighted by Gasteiger charge is -2.15. The zero-order valence-corrected chi connectivity index (χ0v) is 13.4. The maximum Gasteiger partial charge on any atom is 0.251 e. The zero-order chi connectivity index (χ0) is 15.0. The minimum atomic E-state index is 0.0276. The lowest BCUT2D eigenvalue weighted by atomic mass is 9.95. The fraction of sp³-hybridized carbons (Fsp3) is 0.353. The molecule has 1 aliphatic heterocycles. The number of carbonyl (C=O) groups excluding carboxylic acids is 1. The van der Waals surface area contributed by atoms with Crippen LogP contribution >= 0.6 is 11.3 Å². The first kappa shape index (κ1) is 14.1. The van der Waals surface area contributed by atoms with E-state index in [1.807, 2.05) is 29.5 Å². The highest BCUT2D eigenvalue weighted by Gasteiger charge is 2.21. The maximum absolute atomic E-state index is 11.7. The van der Waals surface area contributed by atoms with Gasteiger partial charge in [0.15, 0.2) is 0 Å². The van der Waals surface area contributed by atoms with Crippen LogP contribution in [-0.2, 0) is 18.5 Å². The molecule has 3 rings (SSSR count). The second-order valence-corrected chi connectivity index (χ2v) is 7.55. The van der Waals surface area contributed by atoms with Gasteiger partial charge >= 0.3 is 0 Å². The lowest BCUT2D eigenvalue weighted by Crippen LogP contribution is -2.12. The molecule has 1 aromatic heterocycles. The molecule has 2 N–H and O–H groups in total. The fourth-order valence-corrected chi connectivity index (χ4v) is 3.48. The van der Waals surface area contributed by atoms with Gasteiger partial charge in [-0.1, -0.05) is 26.8 Å². The van der Waals surface area contributed by atoms with Crippen LogP contribution in [0.4, 0.5) is 5.69 Å². The topological polar surface area (TPSA) is 41.1 Å². The van der Waals surface area contributed by atoms with E-state index in [1.54, 1.807) is 0 Å². The summed E-state index contributed by atoms with van der Waals surface area (Å²) in [5.41, 5.74) is 3.13. The minimum absolute atomic E-state index is 0.0276. The van der Waals surface area contributed by atoms with Crippen LogP contribution in [0.15, 0.2) is 30.3 Å². The molecule has 3 nitrogen and oxygen atoms in total. The first-order valence-corrected chi connectivity index (χ1v) is 8.00. The van der Waals surface area contributed by atoms with E-state index in [0.29, 0.717) is 6.54 Å². The van der Waals surface area contributed by atoms with E-state index in [2.05, 4.69) is 43.5 Å². The van der Waals surface area contributed by atoms with Gasteiger partial charge in [0.25, 0.3) is 5.91 Å². The highest BCUT2D eigenvalue weighted by molar-refractivity contribution is 7.12. The Labute approximate surface area is 129 Å². The molecule has 0 saturated carbocycles. The number of thiophene rings is 1. The number of benzene rings is 1. The van der Waals surface area contributed by atoms with Crippen molar-refractivity contribution < 1.29 is 4.79 Å². The molecule has 0 saturated heterocycles. The number of hydrogen-bond acceptors (Lipinski definition) is 3. The molecule has 21 heavy (non-hydrogen) atoms. The number of anilines is 1. The first-order chi connectivity index (χ1) is 9.95. The summed E-state index contributed by atoms with van der Waals surface area (Å²) >= 11 is 1.85. The molecule has 0 spiro atoms. The predicted molar refractivity (Wildman–Crippen MR) is 88.0 cm³/mol. The molecule has 0 bridgehead atoms. The Morgan fingerprint density at radius 1 is 1.24 bits per heavy atom. The van der Waals surface area contributed by atoms with Gasteiger partial charge in [0.1, 0.15) is 0 Å². The van der Waals surface area contributed by atoms with Crippen molar-refractivity contribution in [3.05, 3.63) is 51.2 Å². The van der Waals surface area contributed by atoms with Crippen molar-refractivity contribution in [1.29, 1.82) is 0 Å². The van der Waals surface area contributed by atoms with Crippen molar-refractivity contribution in [3.63, 3.8) is 0 Å². The van der Waals surface area contributed by atoms with Gasteiger partial charge in [-0.05, 0) is 29.7 Å². The second-order valence-electron chi connectivity index (χ2n) is 6.38. The second kappa shape index (κ2) is 5.19. The number of carbonyl (C=O) groups is 1. The van der Waals surface area contributed by atoms with Gasteiger partial charge in [-0.2, -0.15) is 0 Å². The molecular formula is C17H20N2OS. The highest BCUT2D eigenvalue weighted by Crippen LogP contribution is 2.30. The summed E-state index contributed by atoms with van der Waals surface area (Å²) in [5.74, 6) is 0.0276. The average molecular weight is 300 g/mol. The van der Waals surface area contributed by atoms with Gasteiger partial charge in [-0.25, -0.2) is 0 Å². The van der Waals surface area contributed by atoms with E-state index < -0.39 is 0 Å². The van der Waals surface area contributed by atoms with Crippen LogP contribution < -0.4 is 10.6 Å². The van der Waals surface area contributed by atoms with Gasteiger partial charge in [-0.3, -0.25) is 4.79 Å². The zero-order valence-electron chi connectivity index (χ0n) is 12.6. The van der Waals surface area contributed by atoms with Crippen LogP contribution in [-0.4, -0.2) is 5.91 Å². The number of amides is 1. The molecule has 0 unspecified atom stereocenters. The van der Waals surface area contributed by atoms with Crippen LogP contribution in [0.2, 0.25) is 0 Å². The van der Waals surface area contributed by atoms with Crippen LogP contribution in [0, 0.1) is 0 Å². The fourth-order valence-electron chi connectivity index (χ4n) is 2.48. The normalized spacial score (nSPS) is 14.0. The van der Waals surface area contributed by atoms with E-state index >= 15 is 0 Å². The number of nitrogens with one attached hydrogen (secondary N) is 2. The summed E-state index contributed by atoms with van der Waals surface area (Å²) in [6.07, 6.45) is 0. The summed E-state index contributed by atoms with van der Waals surface area (Å²) in [5, 5.41) is 6.34. The molecule has 0 atom stereocenters. The monoisotopic (exact) mass is 300 g/mol. The molecule has 4 heteroatoms. The first-order valence-electron chi connectivity index (χ1n) is 7.18. The molecule has 0 radical (unpaired) electrons. The average Bonchev–Trinajstić information content (AvgIpc) is 3.04. The molecule has 2 heterocycles. The SMILES string of the molecule is CC(C)(C)c1ccc(CNc2cccc3c2CNC3=O)s1. The molecule has 110 valence electrons. The molecule has 1 amide bonds. The van der Waals surface area contributed by atoms with Gasteiger partial charge in [0.2, 0.25) is 0 Å². The molecule has 1 aliphatic rings. The number of hydrogen-bond donors (Lipinski definition) is 2. The van der Waals surface area contributed by atoms with Crippen LogP contribution in [0.5, 0.6) is 0 Å². The van der Waals surface area contributed by atoms with Crippen molar-refractivity contribution >= 4 is 22.9 Å². The van der Waals surface area contributed by atoms with E-state index in [4.69, 9.17) is 0 Å². The molecule has 2 aromatic rings. The van der Waals surface area contributed by atoms with Crippen molar-refractivity contribution in [2.45, 2.75) is 39.3 Å². The smallest absolute Gasteiger partial charge is 0.251 e.